The van der Waals surface area contributed by atoms with Crippen LogP contribution in [0.15, 0.2) is 23.2 Å². The van der Waals surface area contributed by atoms with Crippen molar-refractivity contribution in [1.29, 1.82) is 0 Å². The van der Waals surface area contributed by atoms with Crippen LogP contribution < -0.4 is 15.4 Å². The molecule has 1 saturated carbocycles. The minimum atomic E-state index is 0. The van der Waals surface area contributed by atoms with Gasteiger partial charge in [-0.2, -0.15) is 0 Å². The number of likely N-dealkylation sites (tertiary alicyclic amines) is 1. The predicted molar refractivity (Wildman–Crippen MR) is 129 cm³/mol. The van der Waals surface area contributed by atoms with Crippen LogP contribution in [0, 0.1) is 5.92 Å². The molecule has 7 heteroatoms. The van der Waals surface area contributed by atoms with Gasteiger partial charge in [0, 0.05) is 44.8 Å². The third kappa shape index (κ3) is 7.51. The van der Waals surface area contributed by atoms with Crippen LogP contribution in [0.4, 0.5) is 0 Å². The summed E-state index contributed by atoms with van der Waals surface area (Å²) in [5, 5.41) is 16.9. The van der Waals surface area contributed by atoms with Gasteiger partial charge >= 0.3 is 0 Å². The highest BCUT2D eigenvalue weighted by atomic mass is 127. The smallest absolute Gasteiger partial charge is 0.191 e. The van der Waals surface area contributed by atoms with E-state index in [1.807, 2.05) is 6.07 Å². The number of nitrogens with one attached hydrogen (secondary N) is 2. The highest BCUT2D eigenvalue weighted by Gasteiger charge is 2.23. The normalized spacial score (nSPS) is 19.4. The van der Waals surface area contributed by atoms with E-state index < -0.39 is 0 Å². The number of hydrogen-bond acceptors (Lipinski definition) is 4. The molecule has 0 bridgehead atoms. The summed E-state index contributed by atoms with van der Waals surface area (Å²) in [6, 6.07) is 5.72. The molecule has 1 aromatic rings. The number of rotatable bonds is 6. The molecular formula is C22H37IN4O2. The van der Waals surface area contributed by atoms with Gasteiger partial charge in [-0.15, -0.1) is 24.0 Å². The molecule has 0 unspecified atom stereocenters. The number of benzene rings is 1. The number of hydrogen-bond donors (Lipinski definition) is 3. The monoisotopic (exact) mass is 516 g/mol. The summed E-state index contributed by atoms with van der Waals surface area (Å²) in [5.41, 5.74) is 0.796. The quantitative estimate of drug-likeness (QED) is 0.306. The van der Waals surface area contributed by atoms with Gasteiger partial charge in [-0.25, -0.2) is 0 Å². The number of ether oxygens (including phenoxy) is 1. The van der Waals surface area contributed by atoms with E-state index in [1.54, 1.807) is 26.3 Å². The Morgan fingerprint density at radius 3 is 2.55 bits per heavy atom. The Labute approximate surface area is 192 Å². The first-order chi connectivity index (χ1) is 13.7. The Morgan fingerprint density at radius 2 is 1.90 bits per heavy atom. The molecule has 3 rings (SSSR count). The fourth-order valence-electron chi connectivity index (χ4n) is 4.39. The fraction of sp³-hybridized carbons (Fsp3) is 0.682. The molecule has 0 spiro atoms. The van der Waals surface area contributed by atoms with Gasteiger partial charge in [0.2, 0.25) is 0 Å². The van der Waals surface area contributed by atoms with Crippen molar-refractivity contribution in [2.45, 2.75) is 57.5 Å². The van der Waals surface area contributed by atoms with Gasteiger partial charge in [0.25, 0.3) is 0 Å². The first kappa shape index (κ1) is 24.1. The molecule has 29 heavy (non-hydrogen) atoms. The summed E-state index contributed by atoms with van der Waals surface area (Å²) in [6.07, 6.45) is 9.43. The van der Waals surface area contributed by atoms with Crippen molar-refractivity contribution in [3.8, 4) is 11.5 Å². The van der Waals surface area contributed by atoms with Crippen molar-refractivity contribution in [3.63, 3.8) is 0 Å². The number of guanidine groups is 1. The number of methoxy groups -OCH3 is 1. The molecule has 3 N–H and O–H groups in total. The maximum Gasteiger partial charge on any atom is 0.191 e. The van der Waals surface area contributed by atoms with Gasteiger partial charge in [0.05, 0.1) is 7.11 Å². The van der Waals surface area contributed by atoms with Crippen LogP contribution in [0.5, 0.6) is 11.5 Å². The second-order valence-electron chi connectivity index (χ2n) is 8.14. The Hall–Kier alpha value is -1.22. The molecule has 1 aliphatic carbocycles. The molecule has 164 valence electrons. The van der Waals surface area contributed by atoms with E-state index in [2.05, 4.69) is 20.5 Å². The number of piperidine rings is 1. The van der Waals surface area contributed by atoms with E-state index in [1.165, 1.54) is 51.7 Å². The van der Waals surface area contributed by atoms with E-state index >= 15 is 0 Å². The lowest BCUT2D eigenvalue weighted by molar-refractivity contribution is 0.160. The molecule has 1 saturated heterocycles. The average molecular weight is 516 g/mol. The summed E-state index contributed by atoms with van der Waals surface area (Å²) in [4.78, 5) is 7.00. The van der Waals surface area contributed by atoms with Crippen LogP contribution in [0.1, 0.15) is 50.5 Å². The lowest BCUT2D eigenvalue weighted by atomic mass is 9.88. The number of halogens is 1. The Bertz CT molecular complexity index is 642. The molecule has 0 radical (unpaired) electrons. The molecular weight excluding hydrogens is 479 g/mol. The van der Waals surface area contributed by atoms with Crippen molar-refractivity contribution in [3.05, 3.63) is 23.8 Å². The lowest BCUT2D eigenvalue weighted by Crippen LogP contribution is -2.49. The largest absolute Gasteiger partial charge is 0.508 e. The van der Waals surface area contributed by atoms with Crippen LogP contribution in [0.3, 0.4) is 0 Å². The van der Waals surface area contributed by atoms with Crippen LogP contribution in [-0.4, -0.2) is 55.8 Å². The highest BCUT2D eigenvalue weighted by Crippen LogP contribution is 2.25. The van der Waals surface area contributed by atoms with E-state index in [4.69, 9.17) is 4.74 Å². The average Bonchev–Trinajstić information content (AvgIpc) is 2.74. The minimum Gasteiger partial charge on any atom is -0.508 e. The van der Waals surface area contributed by atoms with Crippen LogP contribution in [-0.2, 0) is 6.54 Å². The fourth-order valence-corrected chi connectivity index (χ4v) is 4.39. The number of phenols is 1. The van der Waals surface area contributed by atoms with Crippen molar-refractivity contribution < 1.29 is 9.84 Å². The minimum absolute atomic E-state index is 0. The number of nitrogens with zero attached hydrogens (tertiary/aromatic N) is 2. The predicted octanol–water partition coefficient (Wildman–Crippen LogP) is 3.73. The van der Waals surface area contributed by atoms with E-state index in [0.717, 1.165) is 36.0 Å². The molecule has 6 nitrogen and oxygen atoms in total. The summed E-state index contributed by atoms with van der Waals surface area (Å²) in [5.74, 6) is 2.71. The van der Waals surface area contributed by atoms with Crippen LogP contribution >= 0.6 is 24.0 Å². The second kappa shape index (κ2) is 12.5. The van der Waals surface area contributed by atoms with Gasteiger partial charge in [-0.3, -0.25) is 4.99 Å². The van der Waals surface area contributed by atoms with Crippen molar-refractivity contribution in [2.24, 2.45) is 10.9 Å². The van der Waals surface area contributed by atoms with Gasteiger partial charge in [-0.1, -0.05) is 19.3 Å². The number of aliphatic imine (C=N–C) groups is 1. The number of phenolic OH excluding ortho intramolecular Hbond substituents is 1. The zero-order valence-electron chi connectivity index (χ0n) is 17.8. The first-order valence-electron chi connectivity index (χ1n) is 10.7. The highest BCUT2D eigenvalue weighted by molar-refractivity contribution is 14.0. The van der Waals surface area contributed by atoms with Gasteiger partial charge in [0.15, 0.2) is 5.96 Å². The van der Waals surface area contributed by atoms with Crippen molar-refractivity contribution in [1.82, 2.24) is 15.5 Å². The Morgan fingerprint density at radius 1 is 1.17 bits per heavy atom. The van der Waals surface area contributed by atoms with E-state index in [9.17, 15) is 5.11 Å². The maximum absolute atomic E-state index is 10.0. The summed E-state index contributed by atoms with van der Waals surface area (Å²) in [7, 11) is 3.42. The zero-order valence-corrected chi connectivity index (χ0v) is 20.2. The molecule has 1 aliphatic heterocycles. The molecule has 2 aliphatic rings. The maximum atomic E-state index is 10.0. The summed E-state index contributed by atoms with van der Waals surface area (Å²) < 4.78 is 5.24. The molecule has 2 fully saturated rings. The van der Waals surface area contributed by atoms with E-state index in [0.29, 0.717) is 12.6 Å². The molecule has 1 aromatic carbocycles. The molecule has 0 aromatic heterocycles. The molecule has 0 atom stereocenters. The molecule has 1 heterocycles. The zero-order chi connectivity index (χ0) is 19.8. The third-order valence-corrected chi connectivity index (χ3v) is 6.13. The van der Waals surface area contributed by atoms with Crippen LogP contribution in [0.2, 0.25) is 0 Å². The first-order valence-corrected chi connectivity index (χ1v) is 10.7. The topological polar surface area (TPSA) is 69.1 Å². The second-order valence-corrected chi connectivity index (χ2v) is 8.14. The molecule has 0 amide bonds. The van der Waals surface area contributed by atoms with Gasteiger partial charge in [0.1, 0.15) is 11.5 Å². The lowest BCUT2D eigenvalue weighted by Gasteiger charge is -2.36. The van der Waals surface area contributed by atoms with Crippen LogP contribution in [0.25, 0.3) is 0 Å². The van der Waals surface area contributed by atoms with Crippen molar-refractivity contribution >= 4 is 29.9 Å². The van der Waals surface area contributed by atoms with Gasteiger partial charge < -0.3 is 25.4 Å². The summed E-state index contributed by atoms with van der Waals surface area (Å²) >= 11 is 0. The van der Waals surface area contributed by atoms with Gasteiger partial charge in [-0.05, 0) is 49.8 Å². The SMILES string of the molecule is CN=C(NCc1cc(OC)ccc1O)NC1CCN(CC2CCCCC2)CC1.I. The summed E-state index contributed by atoms with van der Waals surface area (Å²) in [6.45, 7) is 4.13. The Kier molecular flexibility index (Phi) is 10.3. The Balaban J connectivity index is 0.00000300. The number of aromatic hydroxyl groups is 1. The van der Waals surface area contributed by atoms with Crippen molar-refractivity contribution in [2.75, 3.05) is 33.8 Å². The third-order valence-electron chi connectivity index (χ3n) is 6.13. The van der Waals surface area contributed by atoms with E-state index in [-0.39, 0.29) is 29.7 Å². The standard InChI is InChI=1S/C22H36N4O2.HI/c1-23-22(24-15-18-14-20(28-2)8-9-21(18)27)25-19-10-12-26(13-11-19)16-17-6-4-3-5-7-17;/h8-9,14,17,19,27H,3-7,10-13,15-16H2,1-2H3,(H2,23,24,25);1H.